The van der Waals surface area contributed by atoms with Crippen LogP contribution < -0.4 is 26.4 Å². The van der Waals surface area contributed by atoms with E-state index in [-0.39, 0.29) is 56.3 Å². The van der Waals surface area contributed by atoms with Crippen LogP contribution in [0.1, 0.15) is 6.92 Å². The van der Waals surface area contributed by atoms with Gasteiger partial charge in [0.25, 0.3) is 0 Å². The predicted molar refractivity (Wildman–Crippen MR) is 161 cm³/mol. The van der Waals surface area contributed by atoms with Crippen molar-refractivity contribution in [2.24, 2.45) is 0 Å². The van der Waals surface area contributed by atoms with Gasteiger partial charge in [-0.15, -0.1) is 0 Å². The quantitative estimate of drug-likeness (QED) is 0.203. The summed E-state index contributed by atoms with van der Waals surface area (Å²) in [7, 11) is 0. The first-order valence-electron chi connectivity index (χ1n) is 14.0. The van der Waals surface area contributed by atoms with E-state index >= 15 is 0 Å². The molecule has 1 fully saturated rings. The van der Waals surface area contributed by atoms with Gasteiger partial charge >= 0.3 is 16.9 Å². The Morgan fingerprint density at radius 2 is 1.33 bits per heavy atom. The number of fused-ring (bicyclic) bond motifs is 3. The van der Waals surface area contributed by atoms with Gasteiger partial charge in [0.05, 0.1) is 17.2 Å². The molecule has 13 heteroatoms. The molecule has 1 saturated heterocycles. The molecule has 6 aromatic rings. The van der Waals surface area contributed by atoms with E-state index in [0.717, 1.165) is 0 Å². The zero-order chi connectivity index (χ0) is 32.3. The number of phenols is 1. The SMILES string of the molecule is C[C@@H]1O[C@@H](Oc2ccc3ccc(=O)oc3c2-c2c(O)ccc3cc(Oc4ccc5ccc(=O)oc5c4)c(=O)oc23)[C@@H](O)[C@H](O)[C@H]1O. The monoisotopic (exact) mass is 628 g/mol. The highest BCUT2D eigenvalue weighted by Crippen LogP contribution is 2.45. The van der Waals surface area contributed by atoms with Crippen LogP contribution in [0, 0.1) is 0 Å². The van der Waals surface area contributed by atoms with Crippen LogP contribution in [0.4, 0.5) is 0 Å². The van der Waals surface area contributed by atoms with Gasteiger partial charge in [0.2, 0.25) is 12.0 Å². The maximum absolute atomic E-state index is 13.3. The Bertz CT molecular complexity index is 2320. The molecule has 0 radical (unpaired) electrons. The topological polar surface area (TPSA) is 199 Å². The largest absolute Gasteiger partial charge is 0.507 e. The molecule has 1 aliphatic heterocycles. The molecule has 4 heterocycles. The van der Waals surface area contributed by atoms with Gasteiger partial charge in [0.15, 0.2) is 5.58 Å². The highest BCUT2D eigenvalue weighted by Gasteiger charge is 2.43. The number of aromatic hydroxyl groups is 1. The molecule has 0 unspecified atom stereocenters. The second kappa shape index (κ2) is 11.2. The minimum atomic E-state index is -1.68. The lowest BCUT2D eigenvalue weighted by atomic mass is 9.97. The normalized spacial score (nSPS) is 21.5. The predicted octanol–water partition coefficient (Wildman–Crippen LogP) is 3.38. The summed E-state index contributed by atoms with van der Waals surface area (Å²) in [5, 5.41) is 43.6. The van der Waals surface area contributed by atoms with Gasteiger partial charge in [-0.2, -0.15) is 0 Å². The van der Waals surface area contributed by atoms with Crippen molar-refractivity contribution in [2.75, 3.05) is 0 Å². The van der Waals surface area contributed by atoms with Crippen LogP contribution in [0.15, 0.2) is 100 Å². The van der Waals surface area contributed by atoms with E-state index in [4.69, 9.17) is 27.5 Å². The Labute approximate surface area is 256 Å². The summed E-state index contributed by atoms with van der Waals surface area (Å²) in [4.78, 5) is 37.3. The van der Waals surface area contributed by atoms with E-state index < -0.39 is 47.6 Å². The summed E-state index contributed by atoms with van der Waals surface area (Å²) in [5.74, 6) is -0.494. The van der Waals surface area contributed by atoms with E-state index in [9.17, 15) is 34.8 Å². The van der Waals surface area contributed by atoms with E-state index in [1.165, 1.54) is 55.5 Å². The average molecular weight is 629 g/mol. The molecule has 234 valence electrons. The third kappa shape index (κ3) is 5.06. The molecule has 1 aliphatic rings. The minimum Gasteiger partial charge on any atom is -0.507 e. The van der Waals surface area contributed by atoms with Gasteiger partial charge in [-0.05, 0) is 61.5 Å². The molecule has 0 spiro atoms. The number of aliphatic hydroxyl groups is 3. The van der Waals surface area contributed by atoms with Crippen LogP contribution in [-0.2, 0) is 4.74 Å². The second-order valence-corrected chi connectivity index (χ2v) is 10.7. The van der Waals surface area contributed by atoms with Crippen LogP contribution >= 0.6 is 0 Å². The van der Waals surface area contributed by atoms with Crippen LogP contribution in [0.25, 0.3) is 44.0 Å². The fraction of sp³-hybridized carbons (Fsp3) is 0.182. The van der Waals surface area contributed by atoms with E-state index in [0.29, 0.717) is 10.8 Å². The lowest BCUT2D eigenvalue weighted by Gasteiger charge is -2.39. The molecule has 7 rings (SSSR count). The third-order valence-electron chi connectivity index (χ3n) is 7.72. The van der Waals surface area contributed by atoms with Crippen molar-refractivity contribution >= 4 is 32.9 Å². The van der Waals surface area contributed by atoms with E-state index in [1.807, 2.05) is 0 Å². The number of aliphatic hydroxyl groups excluding tert-OH is 3. The maximum Gasteiger partial charge on any atom is 0.379 e. The lowest BCUT2D eigenvalue weighted by molar-refractivity contribution is -0.268. The van der Waals surface area contributed by atoms with Crippen molar-refractivity contribution in [2.45, 2.75) is 37.6 Å². The summed E-state index contributed by atoms with van der Waals surface area (Å²) >= 11 is 0. The van der Waals surface area contributed by atoms with Crippen LogP contribution in [-0.4, -0.2) is 51.1 Å². The Kier molecular flexibility index (Phi) is 7.09. The van der Waals surface area contributed by atoms with Crippen LogP contribution in [0.5, 0.6) is 23.0 Å². The highest BCUT2D eigenvalue weighted by atomic mass is 16.7. The molecule has 3 aromatic heterocycles. The van der Waals surface area contributed by atoms with Gasteiger partial charge in [0.1, 0.15) is 46.7 Å². The summed E-state index contributed by atoms with van der Waals surface area (Å²) < 4.78 is 33.8. The Morgan fingerprint density at radius 1 is 0.652 bits per heavy atom. The Balaban J connectivity index is 1.37. The number of rotatable bonds is 5. The summed E-state index contributed by atoms with van der Waals surface area (Å²) in [6.07, 6.45) is -7.08. The van der Waals surface area contributed by atoms with Crippen molar-refractivity contribution < 1.29 is 47.9 Å². The molecule has 0 amide bonds. The molecule has 3 aromatic carbocycles. The first kappa shape index (κ1) is 29.3. The average Bonchev–Trinajstić information content (AvgIpc) is 3.03. The van der Waals surface area contributed by atoms with E-state index in [2.05, 4.69) is 0 Å². The molecule has 5 atom stereocenters. The van der Waals surface area contributed by atoms with Gasteiger partial charge in [0, 0.05) is 34.4 Å². The number of benzene rings is 3. The van der Waals surface area contributed by atoms with Gasteiger partial charge < -0.3 is 47.9 Å². The van der Waals surface area contributed by atoms with Crippen molar-refractivity contribution in [1.29, 1.82) is 0 Å². The third-order valence-corrected chi connectivity index (χ3v) is 7.72. The Hall–Kier alpha value is -5.47. The van der Waals surface area contributed by atoms with Crippen molar-refractivity contribution in [3.63, 3.8) is 0 Å². The van der Waals surface area contributed by atoms with Crippen molar-refractivity contribution in [1.82, 2.24) is 0 Å². The Morgan fingerprint density at radius 3 is 2.13 bits per heavy atom. The number of ether oxygens (including phenoxy) is 3. The molecule has 0 bridgehead atoms. The zero-order valence-corrected chi connectivity index (χ0v) is 23.8. The summed E-state index contributed by atoms with van der Waals surface area (Å²) in [6, 6.07) is 17.4. The van der Waals surface area contributed by atoms with Gasteiger partial charge in [-0.25, -0.2) is 14.4 Å². The second-order valence-electron chi connectivity index (χ2n) is 10.7. The summed E-state index contributed by atoms with van der Waals surface area (Å²) in [6.45, 7) is 1.48. The number of hydrogen-bond donors (Lipinski definition) is 4. The van der Waals surface area contributed by atoms with Crippen LogP contribution in [0.3, 0.4) is 0 Å². The fourth-order valence-electron chi connectivity index (χ4n) is 5.38. The minimum absolute atomic E-state index is 0.0243. The highest BCUT2D eigenvalue weighted by molar-refractivity contribution is 6.05. The first-order valence-corrected chi connectivity index (χ1v) is 14.0. The molecular weight excluding hydrogens is 604 g/mol. The molecule has 4 N–H and O–H groups in total. The summed E-state index contributed by atoms with van der Waals surface area (Å²) in [5.41, 5.74) is -2.26. The smallest absolute Gasteiger partial charge is 0.379 e. The van der Waals surface area contributed by atoms with Crippen molar-refractivity contribution in [3.05, 3.63) is 104 Å². The van der Waals surface area contributed by atoms with Gasteiger partial charge in [-0.1, -0.05) is 0 Å². The molecular formula is C33H24O13. The lowest BCUT2D eigenvalue weighted by Crippen LogP contribution is -2.58. The molecule has 0 saturated carbocycles. The standard InChI is InChI=1S/C33H24O13/c1-14-27(37)28(38)29(39)33(41-14)44-20-9-4-16-6-11-24(36)45-30(16)26(20)25-19(34)8-3-17-12-22(32(40)46-31(17)25)42-18-7-2-15-5-10-23(35)43-21(15)13-18/h2-14,27-29,33-34,37-39H,1H3/t14-,27-,28+,29-,33-/m0/s1. The molecule has 13 nitrogen and oxygen atoms in total. The number of hydrogen-bond acceptors (Lipinski definition) is 13. The zero-order valence-electron chi connectivity index (χ0n) is 23.8. The molecule has 0 aliphatic carbocycles. The fourth-order valence-corrected chi connectivity index (χ4v) is 5.38. The van der Waals surface area contributed by atoms with E-state index in [1.54, 1.807) is 24.3 Å². The number of phenolic OH excluding ortho intramolecular Hbond substituents is 1. The van der Waals surface area contributed by atoms with Crippen molar-refractivity contribution in [3.8, 4) is 34.1 Å². The van der Waals surface area contributed by atoms with Crippen LogP contribution in [0.2, 0.25) is 0 Å². The van der Waals surface area contributed by atoms with Gasteiger partial charge in [-0.3, -0.25) is 0 Å². The maximum atomic E-state index is 13.3. The molecule has 46 heavy (non-hydrogen) atoms. The first-order chi connectivity index (χ1) is 22.1.